The van der Waals surface area contributed by atoms with Crippen LogP contribution in [0.25, 0.3) is 16.9 Å². The number of hydrogen-bond acceptors (Lipinski definition) is 6. The van der Waals surface area contributed by atoms with E-state index >= 15 is 0 Å². The second kappa shape index (κ2) is 8.42. The molecule has 2 fully saturated rings. The summed E-state index contributed by atoms with van der Waals surface area (Å²) in [5.74, 6) is 0.404. The summed E-state index contributed by atoms with van der Waals surface area (Å²) in [4.78, 5) is 24.6. The number of aryl methyl sites for hydroxylation is 1. The highest BCUT2D eigenvalue weighted by Gasteiger charge is 2.32. The van der Waals surface area contributed by atoms with Crippen LogP contribution in [0.5, 0.6) is 0 Å². The Hall–Kier alpha value is -2.55. The largest absolute Gasteiger partial charge is 0.381 e. The predicted octanol–water partition coefficient (Wildman–Crippen LogP) is 3.41. The molecule has 2 saturated heterocycles. The highest BCUT2D eigenvalue weighted by Crippen LogP contribution is 2.30. The molecule has 4 heterocycles. The lowest BCUT2D eigenvalue weighted by atomic mass is 10.0. The average molecular weight is 459 g/mol. The number of fused-ring (bicyclic) bond motifs is 1. The zero-order valence-corrected chi connectivity index (χ0v) is 18.7. The summed E-state index contributed by atoms with van der Waals surface area (Å²) in [6.07, 6.45) is 2.68. The monoisotopic (exact) mass is 458 g/mol. The molecule has 2 aromatic heterocycles. The molecule has 2 unspecified atom stereocenters. The van der Waals surface area contributed by atoms with Crippen molar-refractivity contribution in [3.63, 3.8) is 0 Å². The molecule has 9 heteroatoms. The quantitative estimate of drug-likeness (QED) is 0.599. The molecule has 2 aliphatic heterocycles. The van der Waals surface area contributed by atoms with E-state index in [1.807, 2.05) is 0 Å². The Balaban J connectivity index is 1.66. The third-order valence-corrected chi connectivity index (χ3v) is 6.60. The summed E-state index contributed by atoms with van der Waals surface area (Å²) in [6, 6.07) is 4.42. The highest BCUT2D eigenvalue weighted by atomic mass is 35.5. The molecule has 3 aromatic rings. The van der Waals surface area contributed by atoms with Gasteiger partial charge in [0, 0.05) is 47.5 Å². The summed E-state index contributed by atoms with van der Waals surface area (Å²) in [7, 11) is 0. The van der Waals surface area contributed by atoms with Crippen LogP contribution in [0.2, 0.25) is 5.02 Å². The van der Waals surface area contributed by atoms with E-state index in [9.17, 15) is 9.18 Å². The van der Waals surface area contributed by atoms with Gasteiger partial charge in [0.2, 0.25) is 0 Å². The number of ether oxygens (including phenoxy) is 2. The van der Waals surface area contributed by atoms with Gasteiger partial charge in [-0.05, 0) is 38.5 Å². The number of aromatic nitrogens is 3. The molecular weight excluding hydrogens is 435 g/mol. The van der Waals surface area contributed by atoms with Crippen molar-refractivity contribution in [3.8, 4) is 11.3 Å². The number of benzene rings is 1. The molecule has 2 aliphatic rings. The van der Waals surface area contributed by atoms with Crippen LogP contribution in [-0.2, 0) is 9.47 Å². The van der Waals surface area contributed by atoms with Crippen molar-refractivity contribution in [1.82, 2.24) is 14.4 Å². The fraction of sp³-hybridized carbons (Fsp3) is 0.435. The standard InChI is InChI=1S/C23H24ClFN4O3/c1-13-14(2)26-22-21(17-4-3-16(24)9-18(17)25)27-20(11-29(22)23(13)30)28-6-8-32-19(10-28)15-5-7-31-12-15/h3-4,9,11,15,19H,5-8,10,12H2,1-2H3. The first kappa shape index (κ1) is 21.3. The van der Waals surface area contributed by atoms with Crippen molar-refractivity contribution < 1.29 is 13.9 Å². The van der Waals surface area contributed by atoms with Gasteiger partial charge in [0.25, 0.3) is 5.56 Å². The molecule has 0 amide bonds. The first-order valence-electron chi connectivity index (χ1n) is 10.7. The molecule has 0 radical (unpaired) electrons. The zero-order valence-electron chi connectivity index (χ0n) is 18.0. The van der Waals surface area contributed by atoms with E-state index in [4.69, 9.17) is 26.1 Å². The summed E-state index contributed by atoms with van der Waals surface area (Å²) in [5, 5.41) is 0.290. The van der Waals surface area contributed by atoms with Crippen LogP contribution in [0.15, 0.2) is 29.2 Å². The first-order valence-corrected chi connectivity index (χ1v) is 11.1. The minimum Gasteiger partial charge on any atom is -0.381 e. The Morgan fingerprint density at radius 1 is 1.22 bits per heavy atom. The lowest BCUT2D eigenvalue weighted by Gasteiger charge is -2.36. The summed E-state index contributed by atoms with van der Waals surface area (Å²) in [5.41, 5.74) is 1.82. The fourth-order valence-electron chi connectivity index (χ4n) is 4.35. The number of nitrogens with zero attached hydrogens (tertiary/aromatic N) is 4. The number of morpholine rings is 1. The maximum absolute atomic E-state index is 14.9. The van der Waals surface area contributed by atoms with E-state index in [0.29, 0.717) is 65.7 Å². The van der Waals surface area contributed by atoms with E-state index in [1.54, 1.807) is 32.2 Å². The van der Waals surface area contributed by atoms with Gasteiger partial charge in [-0.3, -0.25) is 9.20 Å². The molecule has 32 heavy (non-hydrogen) atoms. The van der Waals surface area contributed by atoms with Gasteiger partial charge in [0.05, 0.1) is 25.5 Å². The van der Waals surface area contributed by atoms with Gasteiger partial charge in [-0.15, -0.1) is 0 Å². The van der Waals surface area contributed by atoms with E-state index in [2.05, 4.69) is 9.88 Å². The highest BCUT2D eigenvalue weighted by molar-refractivity contribution is 6.30. The Bertz CT molecular complexity index is 1240. The number of hydrogen-bond donors (Lipinski definition) is 0. The molecule has 5 rings (SSSR count). The third kappa shape index (κ3) is 3.76. The average Bonchev–Trinajstić information content (AvgIpc) is 3.33. The van der Waals surface area contributed by atoms with Crippen LogP contribution in [0.1, 0.15) is 17.7 Å². The SMILES string of the molecule is Cc1nc2c(-c3ccc(Cl)cc3F)nc(N3CCOC(C4CCOC4)C3)cn2c(=O)c1C. The summed E-state index contributed by atoms with van der Waals surface area (Å²) < 4.78 is 27.9. The van der Waals surface area contributed by atoms with Crippen molar-refractivity contribution in [2.24, 2.45) is 5.92 Å². The molecule has 7 nitrogen and oxygen atoms in total. The summed E-state index contributed by atoms with van der Waals surface area (Å²) in [6.45, 7) is 6.74. The van der Waals surface area contributed by atoms with E-state index in [-0.39, 0.29) is 17.2 Å². The van der Waals surface area contributed by atoms with E-state index < -0.39 is 5.82 Å². The Kier molecular flexibility index (Phi) is 5.61. The zero-order chi connectivity index (χ0) is 22.4. The Morgan fingerprint density at radius 3 is 2.81 bits per heavy atom. The van der Waals surface area contributed by atoms with Gasteiger partial charge in [-0.25, -0.2) is 14.4 Å². The lowest BCUT2D eigenvalue weighted by molar-refractivity contribution is -0.00147. The lowest BCUT2D eigenvalue weighted by Crippen LogP contribution is -2.46. The van der Waals surface area contributed by atoms with Crippen molar-refractivity contribution in [1.29, 1.82) is 0 Å². The number of anilines is 1. The molecule has 2 atom stereocenters. The molecule has 1 aromatic carbocycles. The minimum atomic E-state index is -0.514. The molecule has 168 valence electrons. The van der Waals surface area contributed by atoms with Crippen molar-refractivity contribution >= 4 is 23.1 Å². The molecule has 0 aliphatic carbocycles. The maximum atomic E-state index is 14.9. The Labute approximate surface area is 189 Å². The molecule has 0 saturated carbocycles. The number of rotatable bonds is 3. The topological polar surface area (TPSA) is 69.0 Å². The molecule has 0 spiro atoms. The van der Waals surface area contributed by atoms with Gasteiger partial charge in [-0.2, -0.15) is 0 Å². The third-order valence-electron chi connectivity index (χ3n) is 6.36. The molecule has 0 bridgehead atoms. The second-order valence-corrected chi connectivity index (χ2v) is 8.81. The smallest absolute Gasteiger partial charge is 0.261 e. The van der Waals surface area contributed by atoms with E-state index in [1.165, 1.54) is 10.5 Å². The van der Waals surface area contributed by atoms with Gasteiger partial charge in [0.15, 0.2) is 5.65 Å². The fourth-order valence-corrected chi connectivity index (χ4v) is 4.51. The second-order valence-electron chi connectivity index (χ2n) is 8.37. The summed E-state index contributed by atoms with van der Waals surface area (Å²) >= 11 is 5.96. The van der Waals surface area contributed by atoms with Crippen molar-refractivity contribution in [2.75, 3.05) is 37.8 Å². The van der Waals surface area contributed by atoms with Crippen molar-refractivity contribution in [3.05, 3.63) is 56.8 Å². The van der Waals surface area contributed by atoms with Crippen LogP contribution in [0.3, 0.4) is 0 Å². The first-order chi connectivity index (χ1) is 15.4. The Morgan fingerprint density at radius 2 is 2.06 bits per heavy atom. The predicted molar refractivity (Wildman–Crippen MR) is 120 cm³/mol. The maximum Gasteiger partial charge on any atom is 0.261 e. The van der Waals surface area contributed by atoms with Crippen LogP contribution in [-0.4, -0.2) is 53.4 Å². The van der Waals surface area contributed by atoms with Crippen LogP contribution >= 0.6 is 11.6 Å². The molecule has 0 N–H and O–H groups in total. The van der Waals surface area contributed by atoms with Gasteiger partial charge in [0.1, 0.15) is 17.3 Å². The molecular formula is C23H24ClFN4O3. The van der Waals surface area contributed by atoms with Crippen LogP contribution in [0, 0.1) is 25.6 Å². The van der Waals surface area contributed by atoms with Crippen LogP contribution in [0.4, 0.5) is 10.2 Å². The number of halogens is 2. The van der Waals surface area contributed by atoms with Crippen molar-refractivity contribution in [2.45, 2.75) is 26.4 Å². The minimum absolute atomic E-state index is 0.0223. The van der Waals surface area contributed by atoms with Gasteiger partial charge in [-0.1, -0.05) is 11.6 Å². The normalized spacial score (nSPS) is 21.4. The van der Waals surface area contributed by atoms with E-state index in [0.717, 1.165) is 13.0 Å². The van der Waals surface area contributed by atoms with Gasteiger partial charge < -0.3 is 14.4 Å². The van der Waals surface area contributed by atoms with Crippen LogP contribution < -0.4 is 10.5 Å². The van der Waals surface area contributed by atoms with Gasteiger partial charge >= 0.3 is 0 Å².